The second kappa shape index (κ2) is 8.37. The first-order valence-electron chi connectivity index (χ1n) is 7.54. The summed E-state index contributed by atoms with van der Waals surface area (Å²) in [5, 5.41) is 3.61. The molecule has 0 bridgehead atoms. The number of benzene rings is 2. The van der Waals surface area contributed by atoms with E-state index in [-0.39, 0.29) is 12.0 Å². The molecular weight excluding hydrogens is 349 g/mol. The molecule has 1 amide bonds. The third-order valence-corrected chi connectivity index (χ3v) is 3.47. The predicted molar refractivity (Wildman–Crippen MR) is 90.4 cm³/mol. The van der Waals surface area contributed by atoms with E-state index in [1.165, 1.54) is 32.4 Å². The van der Waals surface area contributed by atoms with Crippen LogP contribution < -0.4 is 14.9 Å². The fourth-order valence-electron chi connectivity index (χ4n) is 2.26. The normalized spacial score (nSPS) is 11.4. The number of hydrogen-bond donors (Lipinski definition) is 1. The Morgan fingerprint density at radius 2 is 1.81 bits per heavy atom. The number of hydrogen-bond acceptors (Lipinski definition) is 4. The van der Waals surface area contributed by atoms with Gasteiger partial charge in [0, 0.05) is 5.56 Å². The summed E-state index contributed by atoms with van der Waals surface area (Å²) in [4.78, 5) is 11.9. The molecule has 2 rings (SSSR count). The molecule has 0 fully saturated rings. The Balaban J connectivity index is 2.03. The van der Waals surface area contributed by atoms with Gasteiger partial charge in [0.05, 0.1) is 32.4 Å². The van der Waals surface area contributed by atoms with Crippen LogP contribution in [0, 0.1) is 0 Å². The molecule has 8 heteroatoms. The summed E-state index contributed by atoms with van der Waals surface area (Å²) in [6.07, 6.45) is -3.54. The minimum absolute atomic E-state index is 0.0153. The summed E-state index contributed by atoms with van der Waals surface area (Å²) in [6.45, 7) is 0. The van der Waals surface area contributed by atoms with Crippen molar-refractivity contribution in [3.8, 4) is 11.5 Å². The largest absolute Gasteiger partial charge is 0.493 e. The second-order valence-electron chi connectivity index (χ2n) is 5.24. The molecule has 138 valence electrons. The van der Waals surface area contributed by atoms with Crippen LogP contribution in [-0.4, -0.2) is 26.3 Å². The van der Waals surface area contributed by atoms with Crippen molar-refractivity contribution >= 4 is 12.1 Å². The molecule has 0 radical (unpaired) electrons. The SMILES string of the molecule is COc1ccc(CC(=O)N/N=C\c2ccccc2C(F)(F)F)cc1OC. The molecule has 2 aromatic carbocycles. The van der Waals surface area contributed by atoms with Crippen LogP contribution in [0.3, 0.4) is 0 Å². The van der Waals surface area contributed by atoms with E-state index in [0.717, 1.165) is 12.3 Å². The molecule has 0 aliphatic rings. The van der Waals surface area contributed by atoms with Crippen LogP contribution in [-0.2, 0) is 17.4 Å². The number of nitrogens with zero attached hydrogens (tertiary/aromatic N) is 1. The first-order chi connectivity index (χ1) is 12.3. The van der Waals surface area contributed by atoms with Crippen LogP contribution >= 0.6 is 0 Å². The van der Waals surface area contributed by atoms with Gasteiger partial charge in [0.25, 0.3) is 0 Å². The Kier molecular flexibility index (Phi) is 6.21. The first-order valence-corrected chi connectivity index (χ1v) is 7.54. The average molecular weight is 366 g/mol. The van der Waals surface area contributed by atoms with E-state index in [0.29, 0.717) is 17.1 Å². The van der Waals surface area contributed by atoms with Crippen molar-refractivity contribution in [2.24, 2.45) is 5.10 Å². The van der Waals surface area contributed by atoms with Crippen molar-refractivity contribution < 1.29 is 27.4 Å². The molecule has 0 aliphatic heterocycles. The zero-order chi connectivity index (χ0) is 19.2. The third-order valence-electron chi connectivity index (χ3n) is 3.47. The number of halogens is 3. The molecule has 5 nitrogen and oxygen atoms in total. The lowest BCUT2D eigenvalue weighted by molar-refractivity contribution is -0.137. The van der Waals surface area contributed by atoms with Gasteiger partial charge in [0.15, 0.2) is 11.5 Å². The molecule has 26 heavy (non-hydrogen) atoms. The quantitative estimate of drug-likeness (QED) is 0.630. The highest BCUT2D eigenvalue weighted by molar-refractivity contribution is 5.84. The molecular formula is C18H17F3N2O3. The summed E-state index contributed by atoms with van der Waals surface area (Å²) in [5.41, 5.74) is 1.91. The van der Waals surface area contributed by atoms with Crippen molar-refractivity contribution in [2.45, 2.75) is 12.6 Å². The monoisotopic (exact) mass is 366 g/mol. The van der Waals surface area contributed by atoms with E-state index < -0.39 is 17.6 Å². The zero-order valence-electron chi connectivity index (χ0n) is 14.1. The van der Waals surface area contributed by atoms with E-state index in [9.17, 15) is 18.0 Å². The van der Waals surface area contributed by atoms with Crippen LogP contribution in [0.4, 0.5) is 13.2 Å². The highest BCUT2D eigenvalue weighted by Gasteiger charge is 2.32. The standard InChI is InChI=1S/C18H17F3N2O3/c1-25-15-8-7-12(9-16(15)26-2)10-17(24)23-22-11-13-5-3-4-6-14(13)18(19,20)21/h3-9,11H,10H2,1-2H3,(H,23,24)/b22-11-. The minimum atomic E-state index is -4.49. The van der Waals surface area contributed by atoms with Gasteiger partial charge in [0.1, 0.15) is 0 Å². The lowest BCUT2D eigenvalue weighted by Crippen LogP contribution is -2.20. The van der Waals surface area contributed by atoms with Gasteiger partial charge in [-0.05, 0) is 23.8 Å². The van der Waals surface area contributed by atoms with Crippen LogP contribution in [0.25, 0.3) is 0 Å². The van der Waals surface area contributed by atoms with Crippen molar-refractivity contribution in [1.82, 2.24) is 5.43 Å². The van der Waals surface area contributed by atoms with E-state index in [1.54, 1.807) is 18.2 Å². The van der Waals surface area contributed by atoms with Crippen LogP contribution in [0.2, 0.25) is 0 Å². The Morgan fingerprint density at radius 3 is 2.46 bits per heavy atom. The molecule has 0 atom stereocenters. The molecule has 0 aromatic heterocycles. The lowest BCUT2D eigenvalue weighted by atomic mass is 10.1. The Hall–Kier alpha value is -3.03. The van der Waals surface area contributed by atoms with Gasteiger partial charge in [-0.25, -0.2) is 5.43 Å². The first kappa shape index (κ1) is 19.3. The lowest BCUT2D eigenvalue weighted by Gasteiger charge is -2.09. The Bertz CT molecular complexity index is 805. The average Bonchev–Trinajstić information content (AvgIpc) is 2.61. The highest BCUT2D eigenvalue weighted by atomic mass is 19.4. The number of carbonyl (C=O) groups excluding carboxylic acids is 1. The molecule has 0 heterocycles. The Labute approximate surface area is 148 Å². The van der Waals surface area contributed by atoms with Gasteiger partial charge in [-0.1, -0.05) is 24.3 Å². The predicted octanol–water partition coefficient (Wildman–Crippen LogP) is 3.42. The van der Waals surface area contributed by atoms with Crippen molar-refractivity contribution in [3.05, 3.63) is 59.2 Å². The maximum absolute atomic E-state index is 12.9. The third kappa shape index (κ3) is 4.98. The van der Waals surface area contributed by atoms with Crippen LogP contribution in [0.15, 0.2) is 47.6 Å². The maximum atomic E-state index is 12.9. The highest BCUT2D eigenvalue weighted by Crippen LogP contribution is 2.31. The van der Waals surface area contributed by atoms with E-state index >= 15 is 0 Å². The topological polar surface area (TPSA) is 59.9 Å². The van der Waals surface area contributed by atoms with Crippen molar-refractivity contribution in [1.29, 1.82) is 0 Å². The fourth-order valence-corrected chi connectivity index (χ4v) is 2.26. The number of ether oxygens (including phenoxy) is 2. The number of nitrogens with one attached hydrogen (secondary N) is 1. The van der Waals surface area contributed by atoms with E-state index in [4.69, 9.17) is 9.47 Å². The van der Waals surface area contributed by atoms with Gasteiger partial charge in [-0.15, -0.1) is 0 Å². The Morgan fingerprint density at radius 1 is 1.12 bits per heavy atom. The van der Waals surface area contributed by atoms with Gasteiger partial charge in [-0.3, -0.25) is 4.79 Å². The molecule has 0 unspecified atom stereocenters. The maximum Gasteiger partial charge on any atom is 0.417 e. The number of amides is 1. The molecule has 0 spiro atoms. The molecule has 0 saturated heterocycles. The summed E-state index contributed by atoms with van der Waals surface area (Å²) in [5.74, 6) is 0.525. The van der Waals surface area contributed by atoms with Crippen LogP contribution in [0.1, 0.15) is 16.7 Å². The second-order valence-corrected chi connectivity index (χ2v) is 5.24. The molecule has 0 aliphatic carbocycles. The minimum Gasteiger partial charge on any atom is -0.493 e. The van der Waals surface area contributed by atoms with Crippen molar-refractivity contribution in [2.75, 3.05) is 14.2 Å². The van der Waals surface area contributed by atoms with E-state index in [2.05, 4.69) is 10.5 Å². The molecule has 0 saturated carbocycles. The van der Waals surface area contributed by atoms with Crippen molar-refractivity contribution in [3.63, 3.8) is 0 Å². The smallest absolute Gasteiger partial charge is 0.417 e. The number of rotatable bonds is 6. The molecule has 2 aromatic rings. The van der Waals surface area contributed by atoms with Gasteiger partial charge >= 0.3 is 6.18 Å². The van der Waals surface area contributed by atoms with Crippen LogP contribution in [0.5, 0.6) is 11.5 Å². The number of alkyl halides is 3. The summed E-state index contributed by atoms with van der Waals surface area (Å²) in [6, 6.07) is 9.95. The molecule has 1 N–H and O–H groups in total. The van der Waals surface area contributed by atoms with Gasteiger partial charge < -0.3 is 9.47 Å². The van der Waals surface area contributed by atoms with Gasteiger partial charge in [-0.2, -0.15) is 18.3 Å². The summed E-state index contributed by atoms with van der Waals surface area (Å²) in [7, 11) is 2.97. The number of methoxy groups -OCH3 is 2. The summed E-state index contributed by atoms with van der Waals surface area (Å²) >= 11 is 0. The summed E-state index contributed by atoms with van der Waals surface area (Å²) < 4.78 is 48.9. The number of carbonyl (C=O) groups is 1. The van der Waals surface area contributed by atoms with E-state index in [1.807, 2.05) is 0 Å². The van der Waals surface area contributed by atoms with Gasteiger partial charge in [0.2, 0.25) is 5.91 Å². The fraction of sp³-hybridized carbons (Fsp3) is 0.222. The zero-order valence-corrected chi connectivity index (χ0v) is 14.1. The number of hydrazone groups is 1.